The van der Waals surface area contributed by atoms with Crippen LogP contribution in [0.25, 0.3) is 0 Å². The maximum Gasteiger partial charge on any atom is 0.472 e. The Morgan fingerprint density at radius 1 is 0.464 bits per heavy atom. The summed E-state index contributed by atoms with van der Waals surface area (Å²) in [6.07, 6.45) is 26.7. The monoisotopic (exact) mass is 1040 g/mol. The molecule has 1 saturated carbocycles. The van der Waals surface area contributed by atoms with Crippen molar-refractivity contribution in [2.75, 3.05) is 13.2 Å². The summed E-state index contributed by atoms with van der Waals surface area (Å²) >= 11 is 0. The molecule has 69 heavy (non-hydrogen) atoms. The highest BCUT2D eigenvalue weighted by Gasteiger charge is 2.56. The highest BCUT2D eigenvalue weighted by molar-refractivity contribution is 7.47. The second kappa shape index (κ2) is 38.5. The fourth-order valence-corrected chi connectivity index (χ4v) is 9.19. The summed E-state index contributed by atoms with van der Waals surface area (Å²) in [5.74, 6) is -1.38. The van der Waals surface area contributed by atoms with Gasteiger partial charge in [0.15, 0.2) is 6.10 Å². The van der Waals surface area contributed by atoms with Crippen molar-refractivity contribution in [3.05, 3.63) is 60.8 Å². The van der Waals surface area contributed by atoms with Gasteiger partial charge in [-0.3, -0.25) is 27.7 Å². The molecule has 1 rings (SSSR count). The van der Waals surface area contributed by atoms with Crippen LogP contribution in [0.1, 0.15) is 168 Å². The van der Waals surface area contributed by atoms with Crippen LogP contribution < -0.4 is 0 Å². The number of phosphoric ester groups is 3. The Bertz CT molecular complexity index is 1670. The SMILES string of the molecule is CCCCCC=CCC=CCC=CCC=CCCCC(=O)OC(COC(=O)CCCCCCCC=CCCCCCCCC)COP(=O)(O)OC1C(O)C(O)C(OP(=O)(O)O)C(OP(=O)(O)O)C1O. The smallest absolute Gasteiger partial charge is 0.462 e. The normalized spacial score (nSPS) is 21.8. The first-order chi connectivity index (χ1) is 32.8. The molecule has 1 aliphatic carbocycles. The molecule has 1 fully saturated rings. The third-order valence-corrected chi connectivity index (χ3v) is 12.8. The number of carbonyl (C=O) groups is 2. The van der Waals surface area contributed by atoms with Crippen molar-refractivity contribution in [3.63, 3.8) is 0 Å². The molecule has 0 aromatic heterocycles. The van der Waals surface area contributed by atoms with E-state index in [1.54, 1.807) is 0 Å². The number of esters is 2. The van der Waals surface area contributed by atoms with Gasteiger partial charge in [-0.1, -0.05) is 139 Å². The number of rotatable bonds is 41. The quantitative estimate of drug-likeness (QED) is 0.0122. The highest BCUT2D eigenvalue weighted by atomic mass is 31.2. The van der Waals surface area contributed by atoms with E-state index < -0.39 is 91.3 Å². The van der Waals surface area contributed by atoms with Crippen LogP contribution in [0.15, 0.2) is 60.8 Å². The zero-order valence-electron chi connectivity index (χ0n) is 40.6. The van der Waals surface area contributed by atoms with Crippen LogP contribution in [0, 0.1) is 0 Å². The summed E-state index contributed by atoms with van der Waals surface area (Å²) in [4.78, 5) is 73.2. The minimum atomic E-state index is -5.61. The van der Waals surface area contributed by atoms with E-state index in [9.17, 15) is 63.1 Å². The predicted octanol–water partition coefficient (Wildman–Crippen LogP) is 9.18. The Balaban J connectivity index is 2.77. The molecule has 0 bridgehead atoms. The fourth-order valence-electron chi connectivity index (χ4n) is 7.10. The summed E-state index contributed by atoms with van der Waals surface area (Å²) in [6.45, 7) is 2.86. The standard InChI is InChI=1S/C47H83O19P3/c1-3-5-7-9-11-13-15-17-19-20-22-24-26-28-30-32-34-36-41(49)63-39(37-61-40(48)35-33-31-29-27-25-23-21-18-16-14-12-10-8-6-4-2)38-62-69(59,60)66-45-42(50)43(51)46(64-67(53,54)55)47(44(45)52)65-68(56,57)58/h11,13,17-19,21-22,24,28,30,39,42-47,50-52H,3-10,12,14-16,20,23,25-27,29,31-38H2,1-2H3,(H,59,60)(H2,53,54,55)(H2,56,57,58). The summed E-state index contributed by atoms with van der Waals surface area (Å²) in [6, 6.07) is 0. The van der Waals surface area contributed by atoms with E-state index >= 15 is 0 Å². The molecule has 8 unspecified atom stereocenters. The maximum absolute atomic E-state index is 13.1. The molecule has 0 amide bonds. The Morgan fingerprint density at radius 3 is 1.38 bits per heavy atom. The molecule has 0 heterocycles. The second-order valence-corrected chi connectivity index (χ2v) is 20.8. The van der Waals surface area contributed by atoms with Crippen molar-refractivity contribution in [1.82, 2.24) is 0 Å². The van der Waals surface area contributed by atoms with Gasteiger partial charge in [0.25, 0.3) is 0 Å². The molecule has 0 aromatic carbocycles. The Kier molecular flexibility index (Phi) is 36.2. The van der Waals surface area contributed by atoms with Crippen LogP contribution >= 0.6 is 23.5 Å². The zero-order valence-corrected chi connectivity index (χ0v) is 43.3. The lowest BCUT2D eigenvalue weighted by molar-refractivity contribution is -0.213. The summed E-state index contributed by atoms with van der Waals surface area (Å²) < 4.78 is 65.4. The van der Waals surface area contributed by atoms with Gasteiger partial charge < -0.3 is 49.3 Å². The number of aliphatic hydroxyl groups excluding tert-OH is 3. The first-order valence-electron chi connectivity index (χ1n) is 24.6. The molecular formula is C47H83O19P3. The van der Waals surface area contributed by atoms with Crippen molar-refractivity contribution < 1.29 is 90.6 Å². The average Bonchev–Trinajstić information content (AvgIpc) is 3.28. The maximum atomic E-state index is 13.1. The number of unbranched alkanes of at least 4 members (excludes halogenated alkanes) is 15. The van der Waals surface area contributed by atoms with Crippen molar-refractivity contribution in [1.29, 1.82) is 0 Å². The van der Waals surface area contributed by atoms with Gasteiger partial charge in [0.2, 0.25) is 0 Å². The topological polar surface area (TPSA) is 303 Å². The Morgan fingerprint density at radius 2 is 0.855 bits per heavy atom. The molecule has 0 saturated heterocycles. The third kappa shape index (κ3) is 34.8. The van der Waals surface area contributed by atoms with Crippen LogP contribution in [0.4, 0.5) is 0 Å². The van der Waals surface area contributed by atoms with Gasteiger partial charge in [0, 0.05) is 12.8 Å². The molecule has 19 nitrogen and oxygen atoms in total. The predicted molar refractivity (Wildman–Crippen MR) is 261 cm³/mol. The molecule has 22 heteroatoms. The van der Waals surface area contributed by atoms with Gasteiger partial charge in [0.05, 0.1) is 6.61 Å². The first kappa shape index (κ1) is 64.9. The van der Waals surface area contributed by atoms with Gasteiger partial charge in [0.1, 0.15) is 43.2 Å². The number of allylic oxidation sites excluding steroid dienone is 10. The number of phosphoric acid groups is 3. The van der Waals surface area contributed by atoms with Gasteiger partial charge in [-0.15, -0.1) is 0 Å². The lowest BCUT2D eigenvalue weighted by Crippen LogP contribution is -2.65. The minimum Gasteiger partial charge on any atom is -0.462 e. The van der Waals surface area contributed by atoms with Crippen LogP contribution in [0.2, 0.25) is 0 Å². The lowest BCUT2D eigenvalue weighted by Gasteiger charge is -2.44. The second-order valence-electron chi connectivity index (χ2n) is 17.0. The van der Waals surface area contributed by atoms with Gasteiger partial charge in [-0.05, 0) is 77.0 Å². The van der Waals surface area contributed by atoms with E-state index in [4.69, 9.17) is 18.5 Å². The fraction of sp³-hybridized carbons (Fsp3) is 0.745. The molecule has 8 N–H and O–H groups in total. The van der Waals surface area contributed by atoms with Gasteiger partial charge in [-0.25, -0.2) is 13.7 Å². The zero-order chi connectivity index (χ0) is 51.4. The van der Waals surface area contributed by atoms with Crippen LogP contribution in [-0.2, 0) is 50.9 Å². The van der Waals surface area contributed by atoms with Crippen LogP contribution in [-0.4, -0.2) is 108 Å². The van der Waals surface area contributed by atoms with Gasteiger partial charge in [-0.2, -0.15) is 0 Å². The van der Waals surface area contributed by atoms with Crippen molar-refractivity contribution in [3.8, 4) is 0 Å². The number of aliphatic hydroxyl groups is 3. The molecule has 0 radical (unpaired) electrons. The summed E-state index contributed by atoms with van der Waals surface area (Å²) in [7, 11) is -16.6. The van der Waals surface area contributed by atoms with E-state index in [0.29, 0.717) is 25.7 Å². The summed E-state index contributed by atoms with van der Waals surface area (Å²) in [5.41, 5.74) is 0. The third-order valence-electron chi connectivity index (χ3n) is 10.8. The first-order valence-corrected chi connectivity index (χ1v) is 29.1. The molecular weight excluding hydrogens is 961 g/mol. The van der Waals surface area contributed by atoms with E-state index in [1.165, 1.54) is 57.8 Å². The number of hydrogen-bond acceptors (Lipinski definition) is 14. The number of carbonyl (C=O) groups excluding carboxylic acids is 2. The van der Waals surface area contributed by atoms with E-state index in [0.717, 1.165) is 57.8 Å². The highest BCUT2D eigenvalue weighted by Crippen LogP contribution is 2.51. The van der Waals surface area contributed by atoms with Crippen LogP contribution in [0.3, 0.4) is 0 Å². The molecule has 1 aliphatic rings. The molecule has 0 aromatic rings. The van der Waals surface area contributed by atoms with Crippen LogP contribution in [0.5, 0.6) is 0 Å². The van der Waals surface area contributed by atoms with Crippen molar-refractivity contribution in [2.45, 2.75) is 211 Å². The molecule has 400 valence electrons. The van der Waals surface area contributed by atoms with E-state index in [2.05, 4.69) is 65.4 Å². The summed E-state index contributed by atoms with van der Waals surface area (Å²) in [5, 5.41) is 31.9. The lowest BCUT2D eigenvalue weighted by atomic mass is 9.85. The Hall–Kier alpha value is -2.15. The number of ether oxygens (including phenoxy) is 2. The minimum absolute atomic E-state index is 0.0563. The van der Waals surface area contributed by atoms with Crippen molar-refractivity contribution in [2.24, 2.45) is 0 Å². The largest absolute Gasteiger partial charge is 0.472 e. The van der Waals surface area contributed by atoms with Crippen molar-refractivity contribution >= 4 is 35.4 Å². The molecule has 0 spiro atoms. The molecule has 0 aliphatic heterocycles. The Labute approximate surface area is 409 Å². The van der Waals surface area contributed by atoms with E-state index in [1.807, 2.05) is 18.2 Å². The number of hydrogen-bond donors (Lipinski definition) is 8. The average molecular weight is 1050 g/mol. The van der Waals surface area contributed by atoms with E-state index in [-0.39, 0.29) is 12.8 Å². The molecule has 8 atom stereocenters. The van der Waals surface area contributed by atoms with Gasteiger partial charge >= 0.3 is 35.4 Å².